The van der Waals surface area contributed by atoms with Crippen molar-refractivity contribution in [3.63, 3.8) is 0 Å². The van der Waals surface area contributed by atoms with Crippen LogP contribution in [0.15, 0.2) is 11.2 Å². The van der Waals surface area contributed by atoms with Crippen molar-refractivity contribution in [3.8, 4) is 0 Å². The van der Waals surface area contributed by atoms with Crippen molar-refractivity contribution in [3.05, 3.63) is 16.1 Å². The highest BCUT2D eigenvalue weighted by molar-refractivity contribution is 8.13. The first-order chi connectivity index (χ1) is 8.99. The van der Waals surface area contributed by atoms with Gasteiger partial charge in [0.2, 0.25) is 0 Å². The SMILES string of the molecule is CCc1cnc(CN=C2NC(C(C)(C)C)CCS2)s1. The predicted molar refractivity (Wildman–Crippen MR) is 86.1 cm³/mol. The quantitative estimate of drug-likeness (QED) is 0.924. The van der Waals surface area contributed by atoms with Crippen LogP contribution in [0.3, 0.4) is 0 Å². The zero-order valence-electron chi connectivity index (χ0n) is 12.2. The molecule has 1 aromatic heterocycles. The van der Waals surface area contributed by atoms with Crippen LogP contribution in [0.25, 0.3) is 0 Å². The fourth-order valence-electron chi connectivity index (χ4n) is 2.00. The molecule has 1 aliphatic rings. The van der Waals surface area contributed by atoms with Crippen LogP contribution in [0.4, 0.5) is 0 Å². The van der Waals surface area contributed by atoms with Gasteiger partial charge in [-0.3, -0.25) is 4.99 Å². The number of aromatic nitrogens is 1. The van der Waals surface area contributed by atoms with E-state index in [1.807, 2.05) is 18.0 Å². The second kappa shape index (κ2) is 6.27. The lowest BCUT2D eigenvalue weighted by Gasteiger charge is -2.35. The summed E-state index contributed by atoms with van der Waals surface area (Å²) in [4.78, 5) is 10.4. The lowest BCUT2D eigenvalue weighted by Crippen LogP contribution is -2.46. The van der Waals surface area contributed by atoms with Gasteiger partial charge < -0.3 is 5.32 Å². The minimum absolute atomic E-state index is 0.290. The lowest BCUT2D eigenvalue weighted by atomic mass is 9.85. The summed E-state index contributed by atoms with van der Waals surface area (Å²) in [5.74, 6) is 1.16. The van der Waals surface area contributed by atoms with Crippen molar-refractivity contribution >= 4 is 28.3 Å². The number of thioether (sulfide) groups is 1. The van der Waals surface area contributed by atoms with Crippen LogP contribution in [-0.2, 0) is 13.0 Å². The predicted octanol–water partition coefficient (Wildman–Crippen LogP) is 3.70. The van der Waals surface area contributed by atoms with Gasteiger partial charge in [-0.15, -0.1) is 11.3 Å². The molecule has 1 fully saturated rings. The molecule has 1 N–H and O–H groups in total. The average molecular weight is 297 g/mol. The van der Waals surface area contributed by atoms with E-state index in [-0.39, 0.29) is 5.41 Å². The van der Waals surface area contributed by atoms with Gasteiger partial charge in [0.15, 0.2) is 5.17 Å². The second-order valence-corrected chi connectivity index (χ2v) is 8.18. The number of hydrogen-bond acceptors (Lipinski definition) is 4. The van der Waals surface area contributed by atoms with Crippen LogP contribution in [-0.4, -0.2) is 21.9 Å². The van der Waals surface area contributed by atoms with E-state index in [1.165, 1.54) is 11.3 Å². The molecule has 0 spiro atoms. The topological polar surface area (TPSA) is 37.3 Å². The second-order valence-electron chi connectivity index (χ2n) is 5.90. The van der Waals surface area contributed by atoms with Gasteiger partial charge in [-0.05, 0) is 18.3 Å². The number of thiazole rings is 1. The van der Waals surface area contributed by atoms with Gasteiger partial charge in [-0.2, -0.15) is 0 Å². The molecule has 1 atom stereocenters. The van der Waals surface area contributed by atoms with E-state index in [2.05, 4.69) is 43.0 Å². The molecular formula is C14H23N3S2. The molecule has 0 saturated carbocycles. The number of nitrogens with one attached hydrogen (secondary N) is 1. The standard InChI is InChI=1S/C14H23N3S2/c1-5-10-8-15-12(19-10)9-16-13-17-11(6-7-18-13)14(2,3)4/h8,11H,5-7,9H2,1-4H3,(H,16,17). The maximum absolute atomic E-state index is 4.68. The molecule has 0 amide bonds. The monoisotopic (exact) mass is 297 g/mol. The summed E-state index contributed by atoms with van der Waals surface area (Å²) in [5, 5.41) is 5.77. The fourth-order valence-corrected chi connectivity index (χ4v) is 3.72. The van der Waals surface area contributed by atoms with Crippen molar-refractivity contribution in [1.82, 2.24) is 10.3 Å². The fraction of sp³-hybridized carbons (Fsp3) is 0.714. The summed E-state index contributed by atoms with van der Waals surface area (Å²) in [6, 6.07) is 0.523. The third-order valence-corrected chi connectivity index (χ3v) is 5.38. The Morgan fingerprint density at radius 1 is 1.47 bits per heavy atom. The van der Waals surface area contributed by atoms with Crippen LogP contribution in [0.5, 0.6) is 0 Å². The molecule has 1 saturated heterocycles. The first kappa shape index (κ1) is 14.9. The van der Waals surface area contributed by atoms with Crippen molar-refractivity contribution in [2.75, 3.05) is 5.75 Å². The van der Waals surface area contributed by atoms with E-state index < -0.39 is 0 Å². The van der Waals surface area contributed by atoms with Gasteiger partial charge >= 0.3 is 0 Å². The summed E-state index contributed by atoms with van der Waals surface area (Å²) in [7, 11) is 0. The van der Waals surface area contributed by atoms with Crippen LogP contribution in [0.1, 0.15) is 44.0 Å². The van der Waals surface area contributed by atoms with Gasteiger partial charge in [0.25, 0.3) is 0 Å². The third kappa shape index (κ3) is 4.21. The number of aryl methyl sites for hydroxylation is 1. The summed E-state index contributed by atoms with van der Waals surface area (Å²) in [6.45, 7) is 9.72. The molecule has 5 heteroatoms. The Morgan fingerprint density at radius 2 is 2.26 bits per heavy atom. The van der Waals surface area contributed by atoms with E-state index in [4.69, 9.17) is 0 Å². The molecule has 3 nitrogen and oxygen atoms in total. The van der Waals surface area contributed by atoms with Crippen LogP contribution < -0.4 is 5.32 Å². The zero-order chi connectivity index (χ0) is 13.9. The number of amidine groups is 1. The Bertz CT molecular complexity index is 446. The number of hydrogen-bond donors (Lipinski definition) is 1. The lowest BCUT2D eigenvalue weighted by molar-refractivity contribution is 0.290. The van der Waals surface area contributed by atoms with E-state index in [0.29, 0.717) is 12.6 Å². The van der Waals surface area contributed by atoms with E-state index in [0.717, 1.165) is 22.3 Å². The zero-order valence-corrected chi connectivity index (χ0v) is 13.8. The molecule has 2 heterocycles. The minimum atomic E-state index is 0.290. The molecule has 106 valence electrons. The summed E-state index contributed by atoms with van der Waals surface area (Å²) >= 11 is 3.60. The molecule has 0 aliphatic carbocycles. The number of rotatable bonds is 3. The Labute approximate surface area is 124 Å². The smallest absolute Gasteiger partial charge is 0.157 e. The molecular weight excluding hydrogens is 274 g/mol. The van der Waals surface area contributed by atoms with Crippen molar-refractivity contribution < 1.29 is 0 Å². The minimum Gasteiger partial charge on any atom is -0.362 e. The maximum atomic E-state index is 4.68. The third-order valence-electron chi connectivity index (χ3n) is 3.30. The van der Waals surface area contributed by atoms with Gasteiger partial charge in [-0.1, -0.05) is 39.5 Å². The average Bonchev–Trinajstić information content (AvgIpc) is 2.84. The van der Waals surface area contributed by atoms with E-state index in [1.54, 1.807) is 11.3 Å². The Hall–Kier alpha value is -0.550. The Morgan fingerprint density at radius 3 is 2.89 bits per heavy atom. The highest BCUT2D eigenvalue weighted by atomic mass is 32.2. The first-order valence-electron chi connectivity index (χ1n) is 6.86. The van der Waals surface area contributed by atoms with Gasteiger partial charge in [0.1, 0.15) is 5.01 Å². The summed E-state index contributed by atoms with van der Waals surface area (Å²) in [5.41, 5.74) is 0.290. The van der Waals surface area contributed by atoms with Crippen LogP contribution in [0.2, 0.25) is 0 Å². The van der Waals surface area contributed by atoms with Crippen molar-refractivity contribution in [1.29, 1.82) is 0 Å². The molecule has 0 bridgehead atoms. The highest BCUT2D eigenvalue weighted by Crippen LogP contribution is 2.27. The van der Waals surface area contributed by atoms with Crippen LogP contribution in [0, 0.1) is 5.41 Å². The maximum Gasteiger partial charge on any atom is 0.157 e. The molecule has 1 aliphatic heterocycles. The number of nitrogens with zero attached hydrogens (tertiary/aromatic N) is 2. The van der Waals surface area contributed by atoms with Crippen molar-refractivity contribution in [2.24, 2.45) is 10.4 Å². The van der Waals surface area contributed by atoms with Crippen molar-refractivity contribution in [2.45, 2.75) is 53.1 Å². The van der Waals surface area contributed by atoms with Gasteiger partial charge in [0.05, 0.1) is 6.54 Å². The molecule has 1 unspecified atom stereocenters. The first-order valence-corrected chi connectivity index (χ1v) is 8.66. The molecule has 19 heavy (non-hydrogen) atoms. The largest absolute Gasteiger partial charge is 0.362 e. The van der Waals surface area contributed by atoms with Gasteiger partial charge in [0, 0.05) is 22.9 Å². The summed E-state index contributed by atoms with van der Waals surface area (Å²) < 4.78 is 0. The molecule has 2 rings (SSSR count). The van der Waals surface area contributed by atoms with Crippen LogP contribution >= 0.6 is 23.1 Å². The van der Waals surface area contributed by atoms with E-state index in [9.17, 15) is 0 Å². The Kier molecular flexibility index (Phi) is 4.90. The Balaban J connectivity index is 1.95. The van der Waals surface area contributed by atoms with Gasteiger partial charge in [-0.25, -0.2) is 4.98 Å². The molecule has 0 aromatic carbocycles. The summed E-state index contributed by atoms with van der Waals surface area (Å²) in [6.07, 6.45) is 4.25. The molecule has 0 radical (unpaired) electrons. The van der Waals surface area contributed by atoms with E-state index >= 15 is 0 Å². The highest BCUT2D eigenvalue weighted by Gasteiger charge is 2.28. The number of aliphatic imine (C=N–C) groups is 1. The normalized spacial score (nSPS) is 22.5. The molecule has 1 aromatic rings.